The number of nitrogens with one attached hydrogen (secondary N) is 2. The van der Waals surface area contributed by atoms with Gasteiger partial charge in [-0.3, -0.25) is 18.6 Å². The van der Waals surface area contributed by atoms with Gasteiger partial charge in [-0.05, 0) is 50.5 Å². The Bertz CT molecular complexity index is 803. The molecule has 1 fully saturated rings. The summed E-state index contributed by atoms with van der Waals surface area (Å²) < 4.78 is 22.7. The van der Waals surface area contributed by atoms with E-state index in [1.165, 1.54) is 0 Å². The van der Waals surface area contributed by atoms with Gasteiger partial charge in [0.1, 0.15) is 17.9 Å². The van der Waals surface area contributed by atoms with E-state index in [1.54, 1.807) is 13.2 Å². The summed E-state index contributed by atoms with van der Waals surface area (Å²) in [5.41, 5.74) is 1.85. The first kappa shape index (κ1) is 24.2. The van der Waals surface area contributed by atoms with Crippen LogP contribution >= 0.6 is 0 Å². The van der Waals surface area contributed by atoms with E-state index < -0.39 is 34.5 Å². The summed E-state index contributed by atoms with van der Waals surface area (Å²) in [4.78, 5) is 35.7. The molecule has 1 saturated carbocycles. The second-order valence-corrected chi connectivity index (χ2v) is 8.50. The standard InChI is InChI=1S/C21H30N2O6S/c1-5-28-20-17(18(25)19(20)26)23-9-8-22-16(24)7-6-10-29-15-11-13(2)21(30(4)27)14(3)12-15/h11-12,17,20,23H,5-10H2,1-4H3,(H,22,24). The van der Waals surface area contributed by atoms with Crippen molar-refractivity contribution in [3.63, 3.8) is 0 Å². The fraction of sp³-hybridized carbons (Fsp3) is 0.571. The molecule has 166 valence electrons. The molecular weight excluding hydrogens is 408 g/mol. The van der Waals surface area contributed by atoms with Crippen LogP contribution in [0.4, 0.5) is 0 Å². The van der Waals surface area contributed by atoms with E-state index >= 15 is 0 Å². The zero-order chi connectivity index (χ0) is 22.3. The maximum atomic E-state index is 11.9. The molecule has 1 aromatic rings. The smallest absolute Gasteiger partial charge is 0.230 e. The van der Waals surface area contributed by atoms with E-state index in [0.717, 1.165) is 16.0 Å². The van der Waals surface area contributed by atoms with Gasteiger partial charge >= 0.3 is 0 Å². The molecule has 0 aromatic heterocycles. The van der Waals surface area contributed by atoms with Crippen molar-refractivity contribution in [1.29, 1.82) is 0 Å². The Labute approximate surface area is 179 Å². The van der Waals surface area contributed by atoms with Gasteiger partial charge in [-0.15, -0.1) is 0 Å². The summed E-state index contributed by atoms with van der Waals surface area (Å²) in [5, 5.41) is 5.71. The van der Waals surface area contributed by atoms with Crippen molar-refractivity contribution in [2.75, 3.05) is 32.6 Å². The average molecular weight is 439 g/mol. The zero-order valence-corrected chi connectivity index (χ0v) is 18.7. The number of carbonyl (C=O) groups excluding carboxylic acids is 3. The third kappa shape index (κ3) is 6.20. The number of carbonyl (C=O) groups is 3. The third-order valence-corrected chi connectivity index (χ3v) is 6.00. The second kappa shape index (κ2) is 11.3. The van der Waals surface area contributed by atoms with Gasteiger partial charge in [0.15, 0.2) is 0 Å². The van der Waals surface area contributed by atoms with Crippen molar-refractivity contribution in [3.05, 3.63) is 23.3 Å². The molecule has 3 atom stereocenters. The SMILES string of the molecule is CCOC1C(=O)C(=O)C1NCCNC(=O)CCCOc1cc(C)c(S(C)=O)c(C)c1. The third-order valence-electron chi connectivity index (χ3n) is 4.78. The van der Waals surface area contributed by atoms with Crippen LogP contribution < -0.4 is 15.4 Å². The summed E-state index contributed by atoms with van der Waals surface area (Å²) in [6.07, 6.45) is 1.82. The highest BCUT2D eigenvalue weighted by Crippen LogP contribution is 2.24. The van der Waals surface area contributed by atoms with Gasteiger partial charge in [0.25, 0.3) is 0 Å². The summed E-state index contributed by atoms with van der Waals surface area (Å²) in [7, 11) is -1.04. The molecular formula is C21H30N2O6S. The van der Waals surface area contributed by atoms with Crippen molar-refractivity contribution < 1.29 is 28.1 Å². The van der Waals surface area contributed by atoms with Gasteiger partial charge in [-0.25, -0.2) is 0 Å². The molecule has 8 nitrogen and oxygen atoms in total. The molecule has 3 unspecified atom stereocenters. The fourth-order valence-corrected chi connectivity index (χ4v) is 4.45. The molecule has 1 aromatic carbocycles. The van der Waals surface area contributed by atoms with E-state index in [-0.39, 0.29) is 5.91 Å². The molecule has 0 radical (unpaired) electrons. The van der Waals surface area contributed by atoms with E-state index in [0.29, 0.717) is 44.9 Å². The highest BCUT2D eigenvalue weighted by Gasteiger charge is 2.49. The number of hydrogen-bond donors (Lipinski definition) is 2. The zero-order valence-electron chi connectivity index (χ0n) is 17.9. The Kier molecular flexibility index (Phi) is 9.13. The molecule has 2 rings (SSSR count). The first-order valence-corrected chi connectivity index (χ1v) is 11.6. The maximum Gasteiger partial charge on any atom is 0.230 e. The van der Waals surface area contributed by atoms with Gasteiger partial charge in [0, 0.05) is 37.3 Å². The molecule has 30 heavy (non-hydrogen) atoms. The van der Waals surface area contributed by atoms with Crippen molar-refractivity contribution in [1.82, 2.24) is 10.6 Å². The number of ether oxygens (including phenoxy) is 2. The topological polar surface area (TPSA) is 111 Å². The van der Waals surface area contributed by atoms with Crippen LogP contribution in [0.25, 0.3) is 0 Å². The van der Waals surface area contributed by atoms with E-state index in [4.69, 9.17) is 9.47 Å². The highest BCUT2D eigenvalue weighted by molar-refractivity contribution is 7.84. The monoisotopic (exact) mass is 438 g/mol. The number of benzene rings is 1. The summed E-state index contributed by atoms with van der Waals surface area (Å²) in [6.45, 7) is 7.06. The molecule has 0 heterocycles. The van der Waals surface area contributed by atoms with Crippen LogP contribution in [0.5, 0.6) is 5.75 Å². The normalized spacial score (nSPS) is 19.3. The van der Waals surface area contributed by atoms with Gasteiger partial charge in [0.05, 0.1) is 17.4 Å². The lowest BCUT2D eigenvalue weighted by Crippen LogP contribution is -2.65. The van der Waals surface area contributed by atoms with Crippen molar-refractivity contribution >= 4 is 28.3 Å². The number of hydrogen-bond acceptors (Lipinski definition) is 7. The van der Waals surface area contributed by atoms with Crippen molar-refractivity contribution in [2.45, 2.75) is 50.7 Å². The first-order valence-electron chi connectivity index (χ1n) is 10.0. The van der Waals surface area contributed by atoms with Crippen LogP contribution in [0.15, 0.2) is 17.0 Å². The maximum absolute atomic E-state index is 11.9. The number of Topliss-reactive ketones (excluding diaryl/α,β-unsaturated/α-hetero) is 2. The molecule has 0 spiro atoms. The van der Waals surface area contributed by atoms with Gasteiger partial charge in [0.2, 0.25) is 17.5 Å². The summed E-state index contributed by atoms with van der Waals surface area (Å²) in [6, 6.07) is 3.10. The minimum atomic E-state index is -1.04. The van der Waals surface area contributed by atoms with Crippen LogP contribution in [0.3, 0.4) is 0 Å². The van der Waals surface area contributed by atoms with E-state index in [9.17, 15) is 18.6 Å². The molecule has 0 bridgehead atoms. The molecule has 2 N–H and O–H groups in total. The second-order valence-electron chi connectivity index (χ2n) is 7.18. The molecule has 9 heteroatoms. The first-order chi connectivity index (χ1) is 14.3. The molecule has 0 aliphatic heterocycles. The van der Waals surface area contributed by atoms with Crippen molar-refractivity contribution in [2.24, 2.45) is 0 Å². The van der Waals surface area contributed by atoms with Crippen molar-refractivity contribution in [3.8, 4) is 5.75 Å². The number of ketones is 2. The van der Waals surface area contributed by atoms with Crippen LogP contribution in [0.1, 0.15) is 30.9 Å². The Balaban J connectivity index is 1.62. The largest absolute Gasteiger partial charge is 0.494 e. The van der Waals surface area contributed by atoms with Crippen LogP contribution in [0.2, 0.25) is 0 Å². The molecule has 0 saturated heterocycles. The predicted octanol–water partition coefficient (Wildman–Crippen LogP) is 0.831. The van der Waals surface area contributed by atoms with Crippen LogP contribution in [-0.2, 0) is 29.9 Å². The lowest BCUT2D eigenvalue weighted by Gasteiger charge is -2.33. The quantitative estimate of drug-likeness (QED) is 0.367. The number of rotatable bonds is 12. The molecule has 1 amide bonds. The number of amides is 1. The summed E-state index contributed by atoms with van der Waals surface area (Å²) >= 11 is 0. The fourth-order valence-electron chi connectivity index (χ4n) is 3.43. The Hall–Kier alpha value is -2.10. The average Bonchev–Trinajstić information content (AvgIpc) is 2.68. The lowest BCUT2D eigenvalue weighted by molar-refractivity contribution is -0.158. The van der Waals surface area contributed by atoms with Crippen LogP contribution in [-0.4, -0.2) is 66.4 Å². The van der Waals surface area contributed by atoms with Gasteiger partial charge in [-0.1, -0.05) is 0 Å². The van der Waals surface area contributed by atoms with E-state index in [2.05, 4.69) is 10.6 Å². The van der Waals surface area contributed by atoms with Crippen LogP contribution in [0, 0.1) is 13.8 Å². The summed E-state index contributed by atoms with van der Waals surface area (Å²) in [5.74, 6) is -0.379. The number of aryl methyl sites for hydroxylation is 2. The minimum absolute atomic E-state index is 0.109. The molecule has 1 aliphatic carbocycles. The Morgan fingerprint density at radius 3 is 2.40 bits per heavy atom. The molecule has 1 aliphatic rings. The lowest BCUT2D eigenvalue weighted by atomic mass is 9.85. The van der Waals surface area contributed by atoms with Gasteiger partial charge < -0.3 is 20.1 Å². The Morgan fingerprint density at radius 2 is 1.80 bits per heavy atom. The predicted molar refractivity (Wildman–Crippen MR) is 113 cm³/mol. The minimum Gasteiger partial charge on any atom is -0.494 e. The Morgan fingerprint density at radius 1 is 1.13 bits per heavy atom. The highest BCUT2D eigenvalue weighted by atomic mass is 32.2. The van der Waals surface area contributed by atoms with E-state index in [1.807, 2.05) is 26.0 Å². The van der Waals surface area contributed by atoms with Gasteiger partial charge in [-0.2, -0.15) is 0 Å².